The van der Waals surface area contributed by atoms with Crippen molar-refractivity contribution in [2.75, 3.05) is 7.11 Å². The van der Waals surface area contributed by atoms with E-state index < -0.39 is 14.2 Å². The Morgan fingerprint density at radius 2 is 1.80 bits per heavy atom. The highest BCUT2D eigenvalue weighted by Crippen LogP contribution is 2.39. The number of allylic oxidation sites excluding steroid dienone is 1. The minimum absolute atomic E-state index is 0.0612. The quantitative estimate of drug-likeness (QED) is 0.301. The molecule has 0 spiro atoms. The molecule has 0 aromatic heterocycles. The average molecular weight is 427 g/mol. The fourth-order valence-corrected chi connectivity index (χ4v) is 3.78. The monoisotopic (exact) mass is 426 g/mol. The van der Waals surface area contributed by atoms with Crippen LogP contribution in [0.25, 0.3) is 0 Å². The Bertz CT molecular complexity index is 588. The first-order chi connectivity index (χ1) is 11.5. The molecule has 0 aliphatic rings. The lowest BCUT2D eigenvalue weighted by molar-refractivity contribution is -0.144. The topological polar surface area (TPSA) is 35.5 Å². The molecule has 0 aliphatic heterocycles. The van der Waals surface area contributed by atoms with E-state index in [1.165, 1.54) is 7.11 Å². The highest BCUT2D eigenvalue weighted by atomic mass is 79.9. The Kier molecular flexibility index (Phi) is 8.10. The van der Waals surface area contributed by atoms with Gasteiger partial charge in [-0.15, -0.1) is 0 Å². The Balaban J connectivity index is 3.32. The Labute approximate surface area is 162 Å². The van der Waals surface area contributed by atoms with Gasteiger partial charge in [0.15, 0.2) is 8.32 Å². The van der Waals surface area contributed by atoms with Crippen LogP contribution in [0.15, 0.2) is 40.9 Å². The zero-order valence-corrected chi connectivity index (χ0v) is 19.0. The van der Waals surface area contributed by atoms with E-state index in [2.05, 4.69) is 62.8 Å². The van der Waals surface area contributed by atoms with Crippen LogP contribution in [0.1, 0.15) is 45.6 Å². The molecular formula is C20H31BrO3Si. The fourth-order valence-electron chi connectivity index (χ4n) is 2.26. The van der Waals surface area contributed by atoms with Crippen molar-refractivity contribution >= 4 is 30.2 Å². The van der Waals surface area contributed by atoms with Gasteiger partial charge in [-0.3, -0.25) is 4.79 Å². The lowest BCUT2D eigenvalue weighted by atomic mass is 9.93. The van der Waals surface area contributed by atoms with Gasteiger partial charge in [-0.05, 0) is 42.2 Å². The molecule has 3 nitrogen and oxygen atoms in total. The summed E-state index contributed by atoms with van der Waals surface area (Å²) >= 11 is 3.45. The van der Waals surface area contributed by atoms with Gasteiger partial charge in [0, 0.05) is 4.47 Å². The van der Waals surface area contributed by atoms with Gasteiger partial charge in [0.2, 0.25) is 0 Å². The Morgan fingerprint density at radius 3 is 2.24 bits per heavy atom. The number of hydrogen-bond donors (Lipinski definition) is 0. The maximum Gasteiger partial charge on any atom is 0.316 e. The van der Waals surface area contributed by atoms with E-state index in [0.29, 0.717) is 0 Å². The van der Waals surface area contributed by atoms with Crippen molar-refractivity contribution in [1.82, 2.24) is 0 Å². The number of rotatable bonds is 7. The van der Waals surface area contributed by atoms with Crippen molar-refractivity contribution in [3.05, 3.63) is 46.5 Å². The molecule has 0 unspecified atom stereocenters. The van der Waals surface area contributed by atoms with Crippen molar-refractivity contribution in [1.29, 1.82) is 0 Å². The maximum atomic E-state index is 12.6. The van der Waals surface area contributed by atoms with E-state index >= 15 is 0 Å². The van der Waals surface area contributed by atoms with Crippen molar-refractivity contribution in [2.45, 2.75) is 64.3 Å². The molecule has 0 radical (unpaired) electrons. The zero-order valence-electron chi connectivity index (χ0n) is 16.4. The summed E-state index contributed by atoms with van der Waals surface area (Å²) in [5, 5.41) is 0.0612. The Morgan fingerprint density at radius 1 is 1.24 bits per heavy atom. The summed E-state index contributed by atoms with van der Waals surface area (Å²) in [5.74, 6) is -0.748. The number of hydrogen-bond acceptors (Lipinski definition) is 3. The summed E-state index contributed by atoms with van der Waals surface area (Å²) in [6.07, 6.45) is 4.64. The number of esters is 1. The molecule has 0 bridgehead atoms. The summed E-state index contributed by atoms with van der Waals surface area (Å²) in [6.45, 7) is 13.1. The van der Waals surface area contributed by atoms with E-state index in [0.717, 1.165) is 16.5 Å². The second-order valence-corrected chi connectivity index (χ2v) is 13.4. The summed E-state index contributed by atoms with van der Waals surface area (Å²) in [4.78, 5) is 12.6. The zero-order chi connectivity index (χ0) is 19.3. The van der Waals surface area contributed by atoms with Crippen LogP contribution in [0.2, 0.25) is 18.1 Å². The minimum atomic E-state index is -2.05. The van der Waals surface area contributed by atoms with E-state index in [9.17, 15) is 4.79 Å². The van der Waals surface area contributed by atoms with Crippen molar-refractivity contribution in [2.24, 2.45) is 0 Å². The summed E-state index contributed by atoms with van der Waals surface area (Å²) in [6, 6.07) is 7.79. The number of carbonyl (C=O) groups excluding carboxylic acids is 1. The molecule has 2 atom stereocenters. The number of carbonyl (C=O) groups is 1. The van der Waals surface area contributed by atoms with Crippen LogP contribution in [0, 0.1) is 0 Å². The lowest BCUT2D eigenvalue weighted by Crippen LogP contribution is -2.46. The van der Waals surface area contributed by atoms with Gasteiger partial charge in [-0.2, -0.15) is 0 Å². The Hall–Kier alpha value is -0.913. The second-order valence-electron chi connectivity index (χ2n) is 7.73. The first-order valence-corrected chi connectivity index (χ1v) is 12.4. The van der Waals surface area contributed by atoms with Crippen LogP contribution in [-0.2, 0) is 14.0 Å². The molecule has 0 saturated carbocycles. The molecule has 1 aromatic rings. The lowest BCUT2D eigenvalue weighted by Gasteiger charge is -2.40. The molecule has 140 valence electrons. The molecule has 0 N–H and O–H groups in total. The van der Waals surface area contributed by atoms with Gasteiger partial charge < -0.3 is 9.16 Å². The number of halogens is 1. The van der Waals surface area contributed by atoms with Crippen LogP contribution >= 0.6 is 15.9 Å². The highest BCUT2D eigenvalue weighted by molar-refractivity contribution is 9.10. The van der Waals surface area contributed by atoms with Gasteiger partial charge in [-0.25, -0.2) is 0 Å². The molecule has 0 fully saturated rings. The first-order valence-electron chi connectivity index (χ1n) is 8.71. The predicted octanol–water partition coefficient (Wildman–Crippen LogP) is 6.06. The maximum absolute atomic E-state index is 12.6. The van der Waals surface area contributed by atoms with E-state index in [1.807, 2.05) is 30.3 Å². The SMILES string of the molecule is CC/C=C/[C@@H](O[Si](C)(C)C(C)(C)C)[C@@H](C(=O)OC)c1ccc(Br)cc1. The van der Waals surface area contributed by atoms with Gasteiger partial charge in [0.25, 0.3) is 0 Å². The van der Waals surface area contributed by atoms with Gasteiger partial charge in [0.1, 0.15) is 5.92 Å². The van der Waals surface area contributed by atoms with E-state index in [1.54, 1.807) is 0 Å². The largest absolute Gasteiger partial charge is 0.468 e. The van der Waals surface area contributed by atoms with Crippen molar-refractivity contribution in [3.8, 4) is 0 Å². The van der Waals surface area contributed by atoms with Crippen LogP contribution in [0.4, 0.5) is 0 Å². The molecule has 0 saturated heterocycles. The summed E-state index contributed by atoms with van der Waals surface area (Å²) in [7, 11) is -0.620. The molecule has 25 heavy (non-hydrogen) atoms. The second kappa shape index (κ2) is 9.15. The van der Waals surface area contributed by atoms with Crippen LogP contribution < -0.4 is 0 Å². The summed E-state index contributed by atoms with van der Waals surface area (Å²) in [5.41, 5.74) is 0.902. The molecule has 0 heterocycles. The van der Waals surface area contributed by atoms with Crippen LogP contribution in [-0.4, -0.2) is 27.5 Å². The summed E-state index contributed by atoms with van der Waals surface area (Å²) < 4.78 is 12.7. The van der Waals surface area contributed by atoms with Crippen LogP contribution in [0.5, 0.6) is 0 Å². The third kappa shape index (κ3) is 6.08. The molecular weight excluding hydrogens is 396 g/mol. The highest BCUT2D eigenvalue weighted by Gasteiger charge is 2.42. The minimum Gasteiger partial charge on any atom is -0.468 e. The van der Waals surface area contributed by atoms with Gasteiger partial charge in [-0.1, -0.05) is 67.9 Å². The molecule has 1 rings (SSSR count). The number of ether oxygens (including phenoxy) is 1. The normalized spacial score (nSPS) is 15.2. The van der Waals surface area contributed by atoms with Crippen LogP contribution in [0.3, 0.4) is 0 Å². The molecule has 5 heteroatoms. The number of benzene rings is 1. The predicted molar refractivity (Wildman–Crippen MR) is 110 cm³/mol. The smallest absolute Gasteiger partial charge is 0.316 e. The third-order valence-electron chi connectivity index (χ3n) is 4.81. The van der Waals surface area contributed by atoms with Gasteiger partial charge >= 0.3 is 5.97 Å². The van der Waals surface area contributed by atoms with Crippen molar-refractivity contribution < 1.29 is 14.0 Å². The molecule has 0 amide bonds. The molecule has 1 aromatic carbocycles. The number of methoxy groups -OCH3 is 1. The first kappa shape index (κ1) is 22.1. The van der Waals surface area contributed by atoms with E-state index in [4.69, 9.17) is 9.16 Å². The average Bonchev–Trinajstić information content (AvgIpc) is 2.52. The third-order valence-corrected chi connectivity index (χ3v) is 9.81. The fraction of sp³-hybridized carbons (Fsp3) is 0.550. The van der Waals surface area contributed by atoms with Gasteiger partial charge in [0.05, 0.1) is 13.2 Å². The van der Waals surface area contributed by atoms with Crippen molar-refractivity contribution in [3.63, 3.8) is 0 Å². The standard InChI is InChI=1S/C20H31BrO3Si/c1-8-9-10-17(24-25(6,7)20(2,3)4)18(19(22)23-5)15-11-13-16(21)14-12-15/h9-14,17-18H,8H2,1-7H3/b10-9+/t17-,18+/m1/s1. The molecule has 0 aliphatic carbocycles. The van der Waals surface area contributed by atoms with E-state index in [-0.39, 0.29) is 17.1 Å².